The van der Waals surface area contributed by atoms with Gasteiger partial charge in [0.2, 0.25) is 0 Å². The Morgan fingerprint density at radius 2 is 2.00 bits per heavy atom. The van der Waals surface area contributed by atoms with Crippen molar-refractivity contribution in [3.8, 4) is 0 Å². The number of carbonyl (C=O) groups is 1. The summed E-state index contributed by atoms with van der Waals surface area (Å²) in [5.74, 6) is 0.00196. The number of ketones is 1. The number of anilines is 1. The SMILES string of the molecule is CC/C(=N\Nc1ccc(Br)cc1)C(C)=O. The van der Waals surface area contributed by atoms with Gasteiger partial charge in [-0.05, 0) is 30.7 Å². The largest absolute Gasteiger partial charge is 0.293 e. The van der Waals surface area contributed by atoms with Crippen molar-refractivity contribution in [2.75, 3.05) is 5.43 Å². The van der Waals surface area contributed by atoms with Crippen molar-refractivity contribution < 1.29 is 4.79 Å². The topological polar surface area (TPSA) is 41.5 Å². The number of nitrogens with zero attached hydrogens (tertiary/aromatic N) is 1. The lowest BCUT2D eigenvalue weighted by atomic mass is 10.2. The molecule has 1 aromatic rings. The molecule has 0 saturated carbocycles. The third-order valence-electron chi connectivity index (χ3n) is 1.91. The van der Waals surface area contributed by atoms with Crippen LogP contribution in [-0.4, -0.2) is 11.5 Å². The van der Waals surface area contributed by atoms with E-state index in [1.54, 1.807) is 0 Å². The molecule has 4 heteroatoms. The van der Waals surface area contributed by atoms with Crippen molar-refractivity contribution in [2.24, 2.45) is 5.10 Å². The highest BCUT2D eigenvalue weighted by Gasteiger charge is 2.01. The molecular weight excluding hydrogens is 256 g/mol. The molecule has 1 rings (SSSR count). The molecule has 1 aromatic carbocycles. The Labute approximate surface area is 97.7 Å². The number of benzene rings is 1. The summed E-state index contributed by atoms with van der Waals surface area (Å²) in [4.78, 5) is 11.1. The van der Waals surface area contributed by atoms with E-state index in [0.717, 1.165) is 10.2 Å². The summed E-state index contributed by atoms with van der Waals surface area (Å²) >= 11 is 3.34. The molecule has 15 heavy (non-hydrogen) atoms. The average molecular weight is 269 g/mol. The molecule has 0 saturated heterocycles. The molecule has 0 amide bonds. The number of hydrogen-bond acceptors (Lipinski definition) is 3. The fourth-order valence-corrected chi connectivity index (χ4v) is 1.33. The summed E-state index contributed by atoms with van der Waals surface area (Å²) in [6.45, 7) is 3.43. The van der Waals surface area contributed by atoms with Crippen molar-refractivity contribution in [3.05, 3.63) is 28.7 Å². The Morgan fingerprint density at radius 3 is 2.47 bits per heavy atom. The highest BCUT2D eigenvalue weighted by molar-refractivity contribution is 9.10. The van der Waals surface area contributed by atoms with E-state index in [-0.39, 0.29) is 5.78 Å². The molecule has 0 unspecified atom stereocenters. The third-order valence-corrected chi connectivity index (χ3v) is 2.43. The standard InChI is InChI=1S/C11H13BrN2O/c1-3-11(8(2)15)14-13-10-6-4-9(12)5-7-10/h4-7,13H,3H2,1-2H3/b14-11+. The molecule has 0 heterocycles. The van der Waals surface area contributed by atoms with Crippen LogP contribution in [0.15, 0.2) is 33.8 Å². The van der Waals surface area contributed by atoms with Gasteiger partial charge in [0, 0.05) is 11.4 Å². The van der Waals surface area contributed by atoms with Crippen LogP contribution < -0.4 is 5.43 Å². The molecule has 0 atom stereocenters. The van der Waals surface area contributed by atoms with Crippen LogP contribution in [0, 0.1) is 0 Å². The number of nitrogens with one attached hydrogen (secondary N) is 1. The van der Waals surface area contributed by atoms with Crippen molar-refractivity contribution >= 4 is 33.1 Å². The molecule has 1 N–H and O–H groups in total. The number of halogens is 1. The highest BCUT2D eigenvalue weighted by atomic mass is 79.9. The van der Waals surface area contributed by atoms with Crippen LogP contribution in [0.4, 0.5) is 5.69 Å². The van der Waals surface area contributed by atoms with E-state index in [0.29, 0.717) is 12.1 Å². The Morgan fingerprint density at radius 1 is 1.40 bits per heavy atom. The average Bonchev–Trinajstić information content (AvgIpc) is 2.21. The number of Topliss-reactive ketones (excluding diaryl/α,β-unsaturated/α-hetero) is 1. The van der Waals surface area contributed by atoms with Gasteiger partial charge in [-0.25, -0.2) is 0 Å². The summed E-state index contributed by atoms with van der Waals surface area (Å²) in [6, 6.07) is 7.61. The van der Waals surface area contributed by atoms with Crippen LogP contribution >= 0.6 is 15.9 Å². The second kappa shape index (κ2) is 5.66. The fourth-order valence-electron chi connectivity index (χ4n) is 1.06. The monoisotopic (exact) mass is 268 g/mol. The summed E-state index contributed by atoms with van der Waals surface area (Å²) in [7, 11) is 0. The number of hydrogen-bond donors (Lipinski definition) is 1. The van der Waals surface area contributed by atoms with Crippen LogP contribution in [0.3, 0.4) is 0 Å². The minimum atomic E-state index is 0.00196. The molecule has 0 fully saturated rings. The van der Waals surface area contributed by atoms with Crippen molar-refractivity contribution in [3.63, 3.8) is 0 Å². The van der Waals surface area contributed by atoms with Gasteiger partial charge < -0.3 is 0 Å². The van der Waals surface area contributed by atoms with Crippen LogP contribution in [0.1, 0.15) is 20.3 Å². The zero-order chi connectivity index (χ0) is 11.3. The summed E-state index contributed by atoms with van der Waals surface area (Å²) in [5.41, 5.74) is 4.27. The minimum Gasteiger partial charge on any atom is -0.293 e. The van der Waals surface area contributed by atoms with E-state index in [4.69, 9.17) is 0 Å². The molecule has 0 spiro atoms. The van der Waals surface area contributed by atoms with Gasteiger partial charge in [0.15, 0.2) is 5.78 Å². The first-order valence-corrected chi connectivity index (χ1v) is 5.52. The van der Waals surface area contributed by atoms with Crippen LogP contribution in [0.2, 0.25) is 0 Å². The number of hydrazone groups is 1. The van der Waals surface area contributed by atoms with Gasteiger partial charge >= 0.3 is 0 Å². The molecule has 0 bridgehead atoms. The first kappa shape index (κ1) is 11.9. The highest BCUT2D eigenvalue weighted by Crippen LogP contribution is 2.13. The maximum atomic E-state index is 11.1. The lowest BCUT2D eigenvalue weighted by Gasteiger charge is -2.02. The molecule has 0 aliphatic heterocycles. The minimum absolute atomic E-state index is 0.00196. The first-order chi connectivity index (χ1) is 7.13. The predicted molar refractivity (Wildman–Crippen MR) is 66.2 cm³/mol. The molecule has 0 aromatic heterocycles. The van der Waals surface area contributed by atoms with Gasteiger partial charge in [-0.2, -0.15) is 5.10 Å². The van der Waals surface area contributed by atoms with E-state index < -0.39 is 0 Å². The molecule has 0 aliphatic carbocycles. The van der Waals surface area contributed by atoms with Gasteiger partial charge in [-0.15, -0.1) is 0 Å². The Balaban J connectivity index is 2.70. The van der Waals surface area contributed by atoms with Crippen molar-refractivity contribution in [1.29, 1.82) is 0 Å². The number of carbonyl (C=O) groups excluding carboxylic acids is 1. The lowest BCUT2D eigenvalue weighted by Crippen LogP contribution is -2.10. The Bertz CT molecular complexity index is 371. The van der Waals surface area contributed by atoms with Gasteiger partial charge in [-0.1, -0.05) is 22.9 Å². The van der Waals surface area contributed by atoms with Crippen LogP contribution in [-0.2, 0) is 4.79 Å². The van der Waals surface area contributed by atoms with Gasteiger partial charge in [-0.3, -0.25) is 10.2 Å². The summed E-state index contributed by atoms with van der Waals surface area (Å²) in [5, 5.41) is 4.04. The van der Waals surface area contributed by atoms with E-state index >= 15 is 0 Å². The molecule has 3 nitrogen and oxygen atoms in total. The lowest BCUT2D eigenvalue weighted by molar-refractivity contribution is -0.111. The second-order valence-corrected chi connectivity index (χ2v) is 4.00. The molecule has 0 aliphatic rings. The van der Waals surface area contributed by atoms with E-state index in [1.165, 1.54) is 6.92 Å². The maximum absolute atomic E-state index is 11.1. The van der Waals surface area contributed by atoms with E-state index in [9.17, 15) is 4.79 Å². The Hall–Kier alpha value is -1.16. The zero-order valence-electron chi connectivity index (χ0n) is 8.75. The normalized spacial score (nSPS) is 11.3. The van der Waals surface area contributed by atoms with Crippen LogP contribution in [0.5, 0.6) is 0 Å². The fraction of sp³-hybridized carbons (Fsp3) is 0.273. The molecule has 80 valence electrons. The first-order valence-electron chi connectivity index (χ1n) is 4.72. The maximum Gasteiger partial charge on any atom is 0.175 e. The summed E-state index contributed by atoms with van der Waals surface area (Å²) in [6.07, 6.45) is 0.638. The van der Waals surface area contributed by atoms with Crippen molar-refractivity contribution in [1.82, 2.24) is 0 Å². The van der Waals surface area contributed by atoms with Gasteiger partial charge in [0.25, 0.3) is 0 Å². The second-order valence-electron chi connectivity index (χ2n) is 3.09. The Kier molecular flexibility index (Phi) is 4.49. The smallest absolute Gasteiger partial charge is 0.175 e. The van der Waals surface area contributed by atoms with E-state index in [2.05, 4.69) is 26.5 Å². The van der Waals surface area contributed by atoms with Gasteiger partial charge in [0.1, 0.15) is 5.71 Å². The summed E-state index contributed by atoms with van der Waals surface area (Å²) < 4.78 is 1.01. The molecular formula is C11H13BrN2O. The number of rotatable bonds is 4. The quantitative estimate of drug-likeness (QED) is 0.673. The zero-order valence-corrected chi connectivity index (χ0v) is 10.3. The third kappa shape index (κ3) is 3.83. The van der Waals surface area contributed by atoms with Crippen molar-refractivity contribution in [2.45, 2.75) is 20.3 Å². The van der Waals surface area contributed by atoms with E-state index in [1.807, 2.05) is 31.2 Å². The van der Waals surface area contributed by atoms with Crippen LogP contribution in [0.25, 0.3) is 0 Å². The molecule has 0 radical (unpaired) electrons. The predicted octanol–water partition coefficient (Wildman–Crippen LogP) is 3.22. The van der Waals surface area contributed by atoms with Gasteiger partial charge in [0.05, 0.1) is 5.69 Å².